The number of pyridine rings is 2. The number of amides is 2. The zero-order valence-corrected chi connectivity index (χ0v) is 34.4. The summed E-state index contributed by atoms with van der Waals surface area (Å²) >= 11 is 0. The topological polar surface area (TPSA) is 264 Å². The second-order valence-electron chi connectivity index (χ2n) is 15.7. The third-order valence-electron chi connectivity index (χ3n) is 8.65. The van der Waals surface area contributed by atoms with Gasteiger partial charge in [0.25, 0.3) is 11.1 Å². The van der Waals surface area contributed by atoms with Crippen LogP contribution in [0.5, 0.6) is 23.0 Å². The predicted octanol–water partition coefficient (Wildman–Crippen LogP) is 8.39. The fraction of sp³-hybridized carbons (Fsp3) is 0.182. The van der Waals surface area contributed by atoms with Gasteiger partial charge in [0.2, 0.25) is 0 Å². The second-order valence-corrected chi connectivity index (χ2v) is 15.7. The largest absolute Gasteiger partial charge is 0.454 e. The Morgan fingerprint density at radius 2 is 1.03 bits per heavy atom. The maximum atomic E-state index is 12.2. The molecule has 0 aliphatic rings. The van der Waals surface area contributed by atoms with Crippen LogP contribution in [0.3, 0.4) is 0 Å². The Kier molecular flexibility index (Phi) is 11.3. The van der Waals surface area contributed by atoms with E-state index < -0.39 is 34.5 Å². The van der Waals surface area contributed by atoms with Gasteiger partial charge in [-0.15, -0.1) is 0 Å². The van der Waals surface area contributed by atoms with E-state index in [2.05, 4.69) is 40.5 Å². The Bertz CT molecular complexity index is 3140. The molecule has 0 saturated carbocycles. The molecule has 2 amide bonds. The van der Waals surface area contributed by atoms with Crippen LogP contribution < -0.4 is 42.7 Å². The standard InChI is InChI=1S/2C22H21N5O4/c1-22(2,3)31-21(29)25-14-8-9-15(13-7-5-4-6-12(13)14)30-16-10-11-24-19-17(16)26-20(28)18(23)27-19;1-22(2,3)31-21(29)25-14-8-9-15(13-7-5-4-6-12(13)14)30-16-10-11-24-19-17(16)26-18(23)20(28)27-19/h4-11H,1-3H3,(H,25,29)(H,26,28)(H2,23,24,27);4-11H,1-3H3,(H2,23,26)(H,25,29)(H,24,27,28). The van der Waals surface area contributed by atoms with Crippen LogP contribution in [0.1, 0.15) is 41.5 Å². The van der Waals surface area contributed by atoms with E-state index in [1.54, 1.807) is 77.9 Å². The van der Waals surface area contributed by atoms with Crippen LogP contribution in [0.2, 0.25) is 0 Å². The zero-order chi connectivity index (χ0) is 44.3. The van der Waals surface area contributed by atoms with Crippen LogP contribution in [0.4, 0.5) is 32.6 Å². The smallest absolute Gasteiger partial charge is 0.412 e. The Hall–Kier alpha value is -8.28. The number of nitrogen functional groups attached to an aromatic ring is 2. The van der Waals surface area contributed by atoms with Crippen molar-refractivity contribution in [2.24, 2.45) is 0 Å². The monoisotopic (exact) mass is 838 g/mol. The summed E-state index contributed by atoms with van der Waals surface area (Å²) in [5, 5.41) is 8.61. The highest BCUT2D eigenvalue weighted by Crippen LogP contribution is 2.37. The molecular formula is C44H42N10O8. The Morgan fingerprint density at radius 3 is 1.58 bits per heavy atom. The molecule has 4 heterocycles. The van der Waals surface area contributed by atoms with Crippen molar-refractivity contribution in [3.05, 3.63) is 118 Å². The lowest BCUT2D eigenvalue weighted by atomic mass is 10.1. The van der Waals surface area contributed by atoms with E-state index in [0.29, 0.717) is 45.4 Å². The third kappa shape index (κ3) is 9.60. The van der Waals surface area contributed by atoms with Gasteiger partial charge in [-0.3, -0.25) is 20.2 Å². The molecule has 0 aliphatic carbocycles. The third-order valence-corrected chi connectivity index (χ3v) is 8.65. The second kappa shape index (κ2) is 16.8. The van der Waals surface area contributed by atoms with E-state index in [0.717, 1.165) is 21.5 Å². The number of H-pyrrole nitrogens is 2. The van der Waals surface area contributed by atoms with E-state index in [9.17, 15) is 19.2 Å². The Labute approximate surface area is 352 Å². The molecule has 4 aromatic heterocycles. The molecule has 0 aliphatic heterocycles. The van der Waals surface area contributed by atoms with Crippen LogP contribution in [0, 0.1) is 0 Å². The molecule has 8 aromatic rings. The van der Waals surface area contributed by atoms with Crippen molar-refractivity contribution in [1.82, 2.24) is 29.9 Å². The van der Waals surface area contributed by atoms with Gasteiger partial charge >= 0.3 is 12.2 Å². The minimum absolute atomic E-state index is 0.167. The molecule has 0 fully saturated rings. The van der Waals surface area contributed by atoms with Gasteiger partial charge in [0.15, 0.2) is 39.9 Å². The van der Waals surface area contributed by atoms with Crippen molar-refractivity contribution in [3.8, 4) is 23.0 Å². The molecule has 18 nitrogen and oxygen atoms in total. The van der Waals surface area contributed by atoms with Crippen molar-refractivity contribution in [1.29, 1.82) is 0 Å². The highest BCUT2D eigenvalue weighted by atomic mass is 16.6. The van der Waals surface area contributed by atoms with E-state index in [4.69, 9.17) is 30.4 Å². The van der Waals surface area contributed by atoms with Crippen LogP contribution in [-0.2, 0) is 9.47 Å². The van der Waals surface area contributed by atoms with Crippen LogP contribution in [0.25, 0.3) is 43.9 Å². The molecule has 0 spiro atoms. The summed E-state index contributed by atoms with van der Waals surface area (Å²) in [5.74, 6) is 1.46. The first-order valence-corrected chi connectivity index (χ1v) is 19.1. The summed E-state index contributed by atoms with van der Waals surface area (Å²) in [4.78, 5) is 69.7. The molecule has 316 valence electrons. The SMILES string of the molecule is CC(C)(C)OC(=O)Nc1ccc(Oc2ccnc3[nH]c(=O)c(N)nc23)c2ccccc12.CC(C)(C)OC(=O)Nc1ccc(Oc2ccnc3nc(N)c(=O)[nH]c23)c2ccccc12. The highest BCUT2D eigenvalue weighted by Gasteiger charge is 2.20. The molecule has 0 atom stereocenters. The molecular weight excluding hydrogens is 797 g/mol. The minimum atomic E-state index is -0.611. The van der Waals surface area contributed by atoms with Crippen molar-refractivity contribution in [2.75, 3.05) is 22.1 Å². The Morgan fingerprint density at radius 1 is 0.565 bits per heavy atom. The number of rotatable bonds is 6. The zero-order valence-electron chi connectivity index (χ0n) is 34.4. The van der Waals surface area contributed by atoms with E-state index >= 15 is 0 Å². The first-order valence-electron chi connectivity index (χ1n) is 19.1. The molecule has 0 radical (unpaired) electrons. The maximum Gasteiger partial charge on any atom is 0.412 e. The average Bonchev–Trinajstić information content (AvgIpc) is 3.20. The average molecular weight is 839 g/mol. The number of hydrogen-bond donors (Lipinski definition) is 6. The molecule has 8 rings (SSSR count). The van der Waals surface area contributed by atoms with Gasteiger partial charge in [0.1, 0.15) is 28.2 Å². The van der Waals surface area contributed by atoms with Crippen molar-refractivity contribution in [3.63, 3.8) is 0 Å². The van der Waals surface area contributed by atoms with Crippen LogP contribution >= 0.6 is 0 Å². The summed E-state index contributed by atoms with van der Waals surface area (Å²) in [7, 11) is 0. The number of ether oxygens (including phenoxy) is 4. The summed E-state index contributed by atoms with van der Waals surface area (Å²) in [6.07, 6.45) is 1.93. The van der Waals surface area contributed by atoms with Gasteiger partial charge in [0, 0.05) is 46.1 Å². The fourth-order valence-corrected chi connectivity index (χ4v) is 6.13. The highest BCUT2D eigenvalue weighted by molar-refractivity contribution is 6.04. The van der Waals surface area contributed by atoms with Gasteiger partial charge in [0.05, 0.1) is 11.4 Å². The van der Waals surface area contributed by atoms with Crippen LogP contribution in [-0.4, -0.2) is 53.3 Å². The molecule has 62 heavy (non-hydrogen) atoms. The summed E-state index contributed by atoms with van der Waals surface area (Å²) in [6.45, 7) is 10.8. The number of fused-ring (bicyclic) bond motifs is 4. The first-order chi connectivity index (χ1) is 29.4. The number of nitrogens with zero attached hydrogens (tertiary/aromatic N) is 4. The number of carbonyl (C=O) groups is 2. The fourth-order valence-electron chi connectivity index (χ4n) is 6.13. The molecule has 0 bridgehead atoms. The summed E-state index contributed by atoms with van der Waals surface area (Å²) in [5.41, 5.74) is 11.4. The van der Waals surface area contributed by atoms with Gasteiger partial charge < -0.3 is 40.4 Å². The lowest BCUT2D eigenvalue weighted by Gasteiger charge is -2.20. The van der Waals surface area contributed by atoms with Crippen molar-refractivity contribution < 1.29 is 28.5 Å². The summed E-state index contributed by atoms with van der Waals surface area (Å²) in [6, 6.07) is 25.1. The minimum Gasteiger partial charge on any atom is -0.454 e. The van der Waals surface area contributed by atoms with E-state index in [-0.39, 0.29) is 22.9 Å². The number of aromatic amines is 2. The molecule has 4 aromatic carbocycles. The van der Waals surface area contributed by atoms with Gasteiger partial charge in [-0.05, 0) is 65.8 Å². The van der Waals surface area contributed by atoms with Gasteiger partial charge in [-0.1, -0.05) is 48.5 Å². The molecule has 0 saturated heterocycles. The van der Waals surface area contributed by atoms with Gasteiger partial charge in [-0.25, -0.2) is 29.5 Å². The summed E-state index contributed by atoms with van der Waals surface area (Å²) < 4.78 is 22.9. The van der Waals surface area contributed by atoms with E-state index in [1.165, 1.54) is 12.4 Å². The number of benzene rings is 4. The van der Waals surface area contributed by atoms with Gasteiger partial charge in [-0.2, -0.15) is 0 Å². The molecule has 18 heteroatoms. The number of anilines is 4. The maximum absolute atomic E-state index is 12.2. The quantitative estimate of drug-likeness (QED) is 0.0919. The molecule has 0 unspecified atom stereocenters. The van der Waals surface area contributed by atoms with Crippen LogP contribution in [0.15, 0.2) is 107 Å². The first kappa shape index (κ1) is 41.9. The lowest BCUT2D eigenvalue weighted by Crippen LogP contribution is -2.27. The number of carbonyl (C=O) groups excluding carboxylic acids is 2. The van der Waals surface area contributed by atoms with E-state index in [1.807, 2.05) is 48.5 Å². The molecule has 8 N–H and O–H groups in total. The predicted molar refractivity (Wildman–Crippen MR) is 237 cm³/mol. The number of hydrogen-bond acceptors (Lipinski definition) is 14. The number of nitrogens with one attached hydrogen (secondary N) is 4. The normalized spacial score (nSPS) is 11.5. The van der Waals surface area contributed by atoms with Crippen molar-refractivity contribution >= 4 is 79.1 Å². The number of aromatic nitrogens is 6. The Balaban J connectivity index is 0.000000186. The lowest BCUT2D eigenvalue weighted by molar-refractivity contribution is 0.0624. The van der Waals surface area contributed by atoms with Crippen molar-refractivity contribution in [2.45, 2.75) is 52.7 Å². The number of nitrogens with two attached hydrogens (primary N) is 2.